The number of hydrogen-bond acceptors (Lipinski definition) is 3. The maximum absolute atomic E-state index is 10.2. The van der Waals surface area contributed by atoms with E-state index in [9.17, 15) is 5.11 Å². The number of halogens is 1. The Labute approximate surface area is 175 Å². The molecule has 0 aromatic heterocycles. The van der Waals surface area contributed by atoms with Crippen molar-refractivity contribution in [1.82, 2.24) is 10.6 Å². The largest absolute Gasteiger partial charge is 0.493 e. The Bertz CT molecular complexity index is 557. The smallest absolute Gasteiger partial charge is 0.191 e. The van der Waals surface area contributed by atoms with Crippen molar-refractivity contribution in [2.24, 2.45) is 10.9 Å². The fraction of sp³-hybridized carbons (Fsp3) is 0.650. The van der Waals surface area contributed by atoms with Gasteiger partial charge in [0.15, 0.2) is 5.96 Å². The Morgan fingerprint density at radius 3 is 2.38 bits per heavy atom. The molecule has 1 aromatic rings. The van der Waals surface area contributed by atoms with E-state index in [-0.39, 0.29) is 30.0 Å². The van der Waals surface area contributed by atoms with Crippen LogP contribution in [0, 0.1) is 5.92 Å². The third-order valence-electron chi connectivity index (χ3n) is 4.48. The zero-order chi connectivity index (χ0) is 18.3. The van der Waals surface area contributed by atoms with Crippen molar-refractivity contribution in [3.8, 4) is 5.75 Å². The number of nitrogens with zero attached hydrogens (tertiary/aromatic N) is 1. The van der Waals surface area contributed by atoms with E-state index < -0.39 is 5.60 Å². The van der Waals surface area contributed by atoms with Crippen LogP contribution in [0.25, 0.3) is 0 Å². The van der Waals surface area contributed by atoms with E-state index in [1.54, 1.807) is 0 Å². The van der Waals surface area contributed by atoms with Gasteiger partial charge in [0.05, 0.1) is 24.8 Å². The summed E-state index contributed by atoms with van der Waals surface area (Å²) in [5.41, 5.74) is 0.575. The van der Waals surface area contributed by atoms with E-state index in [1.165, 1.54) is 5.56 Å². The van der Waals surface area contributed by atoms with Gasteiger partial charge in [0.25, 0.3) is 0 Å². The minimum Gasteiger partial charge on any atom is -0.493 e. The van der Waals surface area contributed by atoms with Gasteiger partial charge in [-0.3, -0.25) is 4.99 Å². The first-order valence-electron chi connectivity index (χ1n) is 9.42. The highest BCUT2D eigenvalue weighted by Gasteiger charge is 2.34. The second-order valence-electron chi connectivity index (χ2n) is 7.41. The standard InChI is InChI=1S/C20H33N3O2.HI/c1-5-21-19(22-14-20(24)11-6-12-20)23-16(4)17-7-9-18(10-8-17)25-13-15(2)3;/h7-10,15-16,24H,5-6,11-14H2,1-4H3,(H2,21,22,23);1H. The molecule has 3 N–H and O–H groups in total. The molecule has 0 saturated heterocycles. The molecule has 148 valence electrons. The van der Waals surface area contributed by atoms with Crippen LogP contribution < -0.4 is 15.4 Å². The van der Waals surface area contributed by atoms with Gasteiger partial charge >= 0.3 is 0 Å². The van der Waals surface area contributed by atoms with Crippen LogP contribution in [-0.4, -0.2) is 36.4 Å². The van der Waals surface area contributed by atoms with E-state index in [0.717, 1.165) is 44.1 Å². The lowest BCUT2D eigenvalue weighted by Crippen LogP contribution is -2.43. The average molecular weight is 475 g/mol. The molecule has 1 fully saturated rings. The van der Waals surface area contributed by atoms with Gasteiger partial charge in [0, 0.05) is 6.54 Å². The third-order valence-corrected chi connectivity index (χ3v) is 4.48. The first kappa shape index (κ1) is 23.0. The van der Waals surface area contributed by atoms with Gasteiger partial charge in [-0.25, -0.2) is 0 Å². The van der Waals surface area contributed by atoms with Crippen molar-refractivity contribution >= 4 is 29.9 Å². The minimum atomic E-state index is -0.596. The molecule has 6 heteroatoms. The normalized spacial score (nSPS) is 17.1. The van der Waals surface area contributed by atoms with Gasteiger partial charge in [-0.15, -0.1) is 24.0 Å². The SMILES string of the molecule is CCNC(=NCC1(O)CCC1)NC(C)c1ccc(OCC(C)C)cc1.I. The van der Waals surface area contributed by atoms with Crippen LogP contribution in [-0.2, 0) is 0 Å². The average Bonchev–Trinajstić information content (AvgIpc) is 2.56. The molecule has 0 spiro atoms. The van der Waals surface area contributed by atoms with Gasteiger partial charge < -0.3 is 20.5 Å². The molecule has 26 heavy (non-hydrogen) atoms. The maximum atomic E-state index is 10.2. The van der Waals surface area contributed by atoms with Gasteiger partial charge in [0.2, 0.25) is 0 Å². The van der Waals surface area contributed by atoms with Crippen LogP contribution >= 0.6 is 24.0 Å². The molecule has 1 atom stereocenters. The van der Waals surface area contributed by atoms with Crippen LogP contribution in [0.15, 0.2) is 29.3 Å². The molecule has 1 unspecified atom stereocenters. The number of aliphatic imine (C=N–C) groups is 1. The summed E-state index contributed by atoms with van der Waals surface area (Å²) in [5, 5.41) is 16.9. The Hall–Kier alpha value is -1.02. The fourth-order valence-corrected chi connectivity index (χ4v) is 2.69. The van der Waals surface area contributed by atoms with Gasteiger partial charge in [-0.1, -0.05) is 26.0 Å². The Kier molecular flexibility index (Phi) is 9.71. The Morgan fingerprint density at radius 2 is 1.88 bits per heavy atom. The Morgan fingerprint density at radius 1 is 1.23 bits per heavy atom. The van der Waals surface area contributed by atoms with Crippen molar-refractivity contribution in [2.45, 2.75) is 58.6 Å². The van der Waals surface area contributed by atoms with Crippen LogP contribution in [0.2, 0.25) is 0 Å². The molecule has 0 aliphatic heterocycles. The summed E-state index contributed by atoms with van der Waals surface area (Å²) in [6.45, 7) is 10.4. The zero-order valence-electron chi connectivity index (χ0n) is 16.4. The summed E-state index contributed by atoms with van der Waals surface area (Å²) >= 11 is 0. The van der Waals surface area contributed by atoms with E-state index in [4.69, 9.17) is 4.74 Å². The van der Waals surface area contributed by atoms with Crippen LogP contribution in [0.5, 0.6) is 5.75 Å². The molecular formula is C20H34IN3O2. The predicted octanol–water partition coefficient (Wildman–Crippen LogP) is 3.87. The third kappa shape index (κ3) is 7.31. The van der Waals surface area contributed by atoms with E-state index in [0.29, 0.717) is 12.5 Å². The summed E-state index contributed by atoms with van der Waals surface area (Å²) in [5.74, 6) is 2.16. The molecule has 0 bridgehead atoms. The van der Waals surface area contributed by atoms with E-state index in [1.807, 2.05) is 19.1 Å². The molecule has 1 aliphatic carbocycles. The highest BCUT2D eigenvalue weighted by atomic mass is 127. The van der Waals surface area contributed by atoms with Gasteiger partial charge in [0.1, 0.15) is 5.75 Å². The highest BCUT2D eigenvalue weighted by molar-refractivity contribution is 14.0. The number of guanidine groups is 1. The zero-order valence-corrected chi connectivity index (χ0v) is 18.7. The van der Waals surface area contributed by atoms with Crippen molar-refractivity contribution in [1.29, 1.82) is 0 Å². The summed E-state index contributed by atoms with van der Waals surface area (Å²) in [7, 11) is 0. The number of aliphatic hydroxyl groups is 1. The topological polar surface area (TPSA) is 65.9 Å². The highest BCUT2D eigenvalue weighted by Crippen LogP contribution is 2.31. The molecule has 2 rings (SSSR count). The van der Waals surface area contributed by atoms with Crippen LogP contribution in [0.4, 0.5) is 0 Å². The number of hydrogen-bond donors (Lipinski definition) is 3. The summed E-state index contributed by atoms with van der Waals surface area (Å²) in [6.07, 6.45) is 2.80. The lowest BCUT2D eigenvalue weighted by molar-refractivity contribution is -0.0236. The molecule has 0 heterocycles. The Balaban J connectivity index is 0.00000338. The summed E-state index contributed by atoms with van der Waals surface area (Å²) in [6, 6.07) is 8.30. The summed E-state index contributed by atoms with van der Waals surface area (Å²) in [4.78, 5) is 4.56. The minimum absolute atomic E-state index is 0. The van der Waals surface area contributed by atoms with Crippen LogP contribution in [0.1, 0.15) is 58.6 Å². The first-order chi connectivity index (χ1) is 11.9. The lowest BCUT2D eigenvalue weighted by atomic mass is 9.80. The van der Waals surface area contributed by atoms with Crippen molar-refractivity contribution in [3.63, 3.8) is 0 Å². The van der Waals surface area contributed by atoms with E-state index >= 15 is 0 Å². The number of nitrogens with one attached hydrogen (secondary N) is 2. The molecule has 1 saturated carbocycles. The molecular weight excluding hydrogens is 441 g/mol. The monoisotopic (exact) mass is 475 g/mol. The second kappa shape index (κ2) is 11.0. The molecule has 0 amide bonds. The first-order valence-corrected chi connectivity index (χ1v) is 9.42. The molecule has 5 nitrogen and oxygen atoms in total. The number of ether oxygens (including phenoxy) is 1. The van der Waals surface area contributed by atoms with Crippen molar-refractivity contribution < 1.29 is 9.84 Å². The molecule has 1 aromatic carbocycles. The number of rotatable bonds is 8. The molecule has 0 radical (unpaired) electrons. The lowest BCUT2D eigenvalue weighted by Gasteiger charge is -2.35. The number of benzene rings is 1. The second-order valence-corrected chi connectivity index (χ2v) is 7.41. The fourth-order valence-electron chi connectivity index (χ4n) is 2.69. The van der Waals surface area contributed by atoms with Crippen molar-refractivity contribution in [3.05, 3.63) is 29.8 Å². The predicted molar refractivity (Wildman–Crippen MR) is 119 cm³/mol. The quantitative estimate of drug-likeness (QED) is 0.304. The maximum Gasteiger partial charge on any atom is 0.191 e. The van der Waals surface area contributed by atoms with Gasteiger partial charge in [-0.2, -0.15) is 0 Å². The van der Waals surface area contributed by atoms with E-state index in [2.05, 4.69) is 48.5 Å². The molecule has 1 aliphatic rings. The summed E-state index contributed by atoms with van der Waals surface area (Å²) < 4.78 is 5.73. The van der Waals surface area contributed by atoms with Crippen LogP contribution in [0.3, 0.4) is 0 Å². The van der Waals surface area contributed by atoms with Crippen molar-refractivity contribution in [2.75, 3.05) is 19.7 Å². The van der Waals surface area contributed by atoms with Gasteiger partial charge in [-0.05, 0) is 56.7 Å².